The Labute approximate surface area is 122 Å². The van der Waals surface area contributed by atoms with Gasteiger partial charge in [0.2, 0.25) is 0 Å². The molecule has 20 heavy (non-hydrogen) atoms. The normalized spacial score (nSPS) is 16.6. The van der Waals surface area contributed by atoms with Crippen molar-refractivity contribution in [3.8, 4) is 0 Å². The summed E-state index contributed by atoms with van der Waals surface area (Å²) in [7, 11) is -0.657. The molecule has 1 aliphatic heterocycles. The minimum absolute atomic E-state index is 0.657. The van der Waals surface area contributed by atoms with Gasteiger partial charge in [0, 0.05) is 0 Å². The lowest BCUT2D eigenvalue weighted by Gasteiger charge is -2.20. The van der Waals surface area contributed by atoms with Crippen LogP contribution in [0.1, 0.15) is 19.3 Å². The predicted octanol–water partition coefficient (Wildman–Crippen LogP) is 4.72. The molecule has 1 saturated heterocycles. The molecule has 0 aromatic heterocycles. The summed E-state index contributed by atoms with van der Waals surface area (Å²) < 4.78 is 0. The highest BCUT2D eigenvalue weighted by atomic mass is 28.3. The van der Waals surface area contributed by atoms with E-state index < -0.39 is 8.80 Å². The van der Waals surface area contributed by atoms with Crippen molar-refractivity contribution in [2.75, 3.05) is 0 Å². The van der Waals surface area contributed by atoms with Crippen molar-refractivity contribution >= 4 is 25.4 Å². The van der Waals surface area contributed by atoms with E-state index in [2.05, 4.69) is 34.5 Å². The maximum Gasteiger partial charge on any atom is 0.0857 e. The van der Waals surface area contributed by atoms with Gasteiger partial charge >= 0.3 is 0 Å². The lowest BCUT2D eigenvalue weighted by atomic mass is 10.3. The third kappa shape index (κ3) is 3.42. The molecule has 2 aromatic rings. The van der Waals surface area contributed by atoms with Crippen LogP contribution < -0.4 is 5.19 Å². The lowest BCUT2D eigenvalue weighted by molar-refractivity contribution is 0.728. The van der Waals surface area contributed by atoms with Gasteiger partial charge in [-0.1, -0.05) is 66.9 Å². The highest BCUT2D eigenvalue weighted by Gasteiger charge is 2.16. The fourth-order valence-electron chi connectivity index (χ4n) is 2.86. The quantitative estimate of drug-likeness (QED) is 0.574. The summed E-state index contributed by atoms with van der Waals surface area (Å²) in [6.07, 6.45) is 4.31. The highest BCUT2D eigenvalue weighted by Crippen LogP contribution is 2.20. The van der Waals surface area contributed by atoms with Crippen LogP contribution in [0.5, 0.6) is 0 Å². The molecule has 0 amide bonds. The maximum absolute atomic E-state index is 4.30. The largest absolute Gasteiger partial charge is 0.151 e. The first-order valence-corrected chi connectivity index (χ1v) is 9.69. The molecule has 102 valence electrons. The zero-order chi connectivity index (χ0) is 13.6. The maximum atomic E-state index is 4.30. The summed E-state index contributed by atoms with van der Waals surface area (Å²) in [5.41, 5.74) is 1.85. The Balaban J connectivity index is 1.68. The van der Waals surface area contributed by atoms with Crippen molar-refractivity contribution in [1.29, 1.82) is 0 Å². The molecule has 3 rings (SSSR count). The molecular formula is C17H20N2Si. The van der Waals surface area contributed by atoms with Gasteiger partial charge in [-0.25, -0.2) is 0 Å². The Morgan fingerprint density at radius 1 is 0.650 bits per heavy atom. The molecule has 1 aliphatic rings. The second-order valence-electron chi connectivity index (χ2n) is 5.46. The second-order valence-corrected chi connectivity index (χ2v) is 8.68. The lowest BCUT2D eigenvalue weighted by Crippen LogP contribution is -2.31. The van der Waals surface area contributed by atoms with Crippen LogP contribution in [0.2, 0.25) is 12.1 Å². The topological polar surface area (TPSA) is 24.7 Å². The summed E-state index contributed by atoms with van der Waals surface area (Å²) in [6, 6.07) is 21.6. The van der Waals surface area contributed by atoms with Gasteiger partial charge < -0.3 is 0 Å². The first-order chi connectivity index (χ1) is 9.92. The van der Waals surface area contributed by atoms with E-state index in [0.29, 0.717) is 0 Å². The van der Waals surface area contributed by atoms with Gasteiger partial charge in [0.1, 0.15) is 0 Å². The summed E-state index contributed by atoms with van der Waals surface area (Å²) >= 11 is 0. The highest BCUT2D eigenvalue weighted by molar-refractivity contribution is 6.73. The Bertz CT molecular complexity index is 557. The van der Waals surface area contributed by atoms with Crippen molar-refractivity contribution in [3.05, 3.63) is 54.6 Å². The molecule has 3 heteroatoms. The van der Waals surface area contributed by atoms with Gasteiger partial charge in [-0.05, 0) is 24.3 Å². The Kier molecular flexibility index (Phi) is 4.38. The summed E-state index contributed by atoms with van der Waals surface area (Å²) in [4.78, 5) is 0. The SMILES string of the molecule is c1ccc(/N=N/c2ccc([SiH]3CCCCC3)cc2)cc1. The van der Waals surface area contributed by atoms with Gasteiger partial charge in [-0.3, -0.25) is 0 Å². The smallest absolute Gasteiger partial charge is 0.0857 e. The van der Waals surface area contributed by atoms with E-state index in [1.807, 2.05) is 30.3 Å². The van der Waals surface area contributed by atoms with Gasteiger partial charge in [0.25, 0.3) is 0 Å². The minimum Gasteiger partial charge on any atom is -0.151 e. The molecule has 0 N–H and O–H groups in total. The summed E-state index contributed by atoms with van der Waals surface area (Å²) in [5.74, 6) is 0. The Morgan fingerprint density at radius 3 is 1.90 bits per heavy atom. The third-order valence-corrected chi connectivity index (χ3v) is 7.54. The molecule has 0 saturated carbocycles. The minimum atomic E-state index is -0.657. The van der Waals surface area contributed by atoms with Crippen molar-refractivity contribution in [1.82, 2.24) is 0 Å². The van der Waals surface area contributed by atoms with E-state index in [4.69, 9.17) is 0 Å². The van der Waals surface area contributed by atoms with E-state index >= 15 is 0 Å². The average Bonchev–Trinajstić information content (AvgIpc) is 2.55. The van der Waals surface area contributed by atoms with Crippen LogP contribution in [0.4, 0.5) is 11.4 Å². The monoisotopic (exact) mass is 280 g/mol. The van der Waals surface area contributed by atoms with Gasteiger partial charge in [0.15, 0.2) is 0 Å². The van der Waals surface area contributed by atoms with Crippen LogP contribution in [0.25, 0.3) is 0 Å². The van der Waals surface area contributed by atoms with Gasteiger partial charge in [0.05, 0.1) is 20.2 Å². The number of hydrogen-bond acceptors (Lipinski definition) is 2. The zero-order valence-corrected chi connectivity index (χ0v) is 12.9. The van der Waals surface area contributed by atoms with Gasteiger partial charge in [-0.15, -0.1) is 0 Å². The summed E-state index contributed by atoms with van der Waals surface area (Å²) in [5, 5.41) is 10.2. The molecule has 0 radical (unpaired) electrons. The third-order valence-electron chi connectivity index (χ3n) is 4.01. The molecule has 1 heterocycles. The molecule has 0 unspecified atom stereocenters. The molecule has 0 atom stereocenters. The van der Waals surface area contributed by atoms with Crippen LogP contribution >= 0.6 is 0 Å². The van der Waals surface area contributed by atoms with Crippen molar-refractivity contribution in [2.24, 2.45) is 10.2 Å². The van der Waals surface area contributed by atoms with Crippen molar-refractivity contribution in [2.45, 2.75) is 31.4 Å². The number of hydrogen-bond donors (Lipinski definition) is 0. The first-order valence-electron chi connectivity index (χ1n) is 7.48. The Hall–Kier alpha value is -1.74. The number of azo groups is 1. The van der Waals surface area contributed by atoms with E-state index in [9.17, 15) is 0 Å². The molecule has 0 spiro atoms. The molecule has 2 aromatic carbocycles. The second kappa shape index (κ2) is 6.62. The van der Waals surface area contributed by atoms with E-state index in [1.54, 1.807) is 5.19 Å². The average molecular weight is 280 g/mol. The fourth-order valence-corrected chi connectivity index (χ4v) is 6.11. The number of benzene rings is 2. The van der Waals surface area contributed by atoms with E-state index in [0.717, 1.165) is 11.4 Å². The Morgan fingerprint density at radius 2 is 1.25 bits per heavy atom. The molecule has 0 bridgehead atoms. The molecule has 0 aliphatic carbocycles. The van der Waals surface area contributed by atoms with Crippen LogP contribution in [-0.4, -0.2) is 8.80 Å². The number of rotatable bonds is 3. The van der Waals surface area contributed by atoms with Gasteiger partial charge in [-0.2, -0.15) is 10.2 Å². The summed E-state index contributed by atoms with van der Waals surface area (Å²) in [6.45, 7) is 0. The molecule has 2 nitrogen and oxygen atoms in total. The molecular weight excluding hydrogens is 260 g/mol. The fraction of sp³-hybridized carbons (Fsp3) is 0.294. The predicted molar refractivity (Wildman–Crippen MR) is 87.3 cm³/mol. The van der Waals surface area contributed by atoms with Crippen LogP contribution in [0.15, 0.2) is 64.8 Å². The zero-order valence-electron chi connectivity index (χ0n) is 11.7. The number of nitrogens with zero attached hydrogens (tertiary/aromatic N) is 2. The van der Waals surface area contributed by atoms with Crippen molar-refractivity contribution in [3.63, 3.8) is 0 Å². The van der Waals surface area contributed by atoms with Crippen LogP contribution in [0, 0.1) is 0 Å². The van der Waals surface area contributed by atoms with E-state index in [-0.39, 0.29) is 0 Å². The first kappa shape index (κ1) is 13.2. The van der Waals surface area contributed by atoms with Crippen LogP contribution in [-0.2, 0) is 0 Å². The molecule has 1 fully saturated rings. The van der Waals surface area contributed by atoms with Crippen LogP contribution in [0.3, 0.4) is 0 Å². The standard InChI is InChI=1S/C17H20N2Si/c1-3-7-15(8-4-1)18-19-16-9-11-17(12-10-16)20-13-5-2-6-14-20/h1,3-4,7-12,20H,2,5-6,13-14H2/b19-18+. The van der Waals surface area contributed by atoms with E-state index in [1.165, 1.54) is 31.4 Å². The van der Waals surface area contributed by atoms with Crippen molar-refractivity contribution < 1.29 is 0 Å².